The molecule has 0 radical (unpaired) electrons. The molecule has 0 atom stereocenters. The number of carbonyl (C=O) groups is 2. The van der Waals surface area contributed by atoms with E-state index < -0.39 is 0 Å². The first-order valence-electron chi connectivity index (χ1n) is 10.2. The molecule has 4 rings (SSSR count). The highest BCUT2D eigenvalue weighted by atomic mass is 16.2. The largest absolute Gasteiger partial charge is 0.368 e. The number of hydrogen-bond donors (Lipinski definition) is 3. The summed E-state index contributed by atoms with van der Waals surface area (Å²) < 4.78 is 0. The molecule has 1 aliphatic carbocycles. The lowest BCUT2D eigenvalue weighted by molar-refractivity contribution is -0.117. The summed E-state index contributed by atoms with van der Waals surface area (Å²) in [6, 6.07) is 8.90. The molecule has 2 heterocycles. The van der Waals surface area contributed by atoms with Crippen molar-refractivity contribution in [3.63, 3.8) is 0 Å². The molecule has 2 aromatic rings. The standard InChI is InChI=1S/C21H26N6O2/c28-20(15-5-7-17(8-6-15)26-21(29)16-3-4-16)23-10-9-22-18-13-19(25-14-24-18)27-11-1-2-12-27/h5-8,13-14,16H,1-4,9-12H2,(H,23,28)(H,26,29)(H,22,24,25). The molecule has 0 unspecified atom stereocenters. The molecule has 1 aliphatic heterocycles. The van der Waals surface area contributed by atoms with Crippen molar-refractivity contribution in [3.8, 4) is 0 Å². The Kier molecular flexibility index (Phi) is 5.88. The van der Waals surface area contributed by atoms with Crippen LogP contribution in [0.25, 0.3) is 0 Å². The van der Waals surface area contributed by atoms with Crippen LogP contribution in [-0.2, 0) is 4.79 Å². The van der Waals surface area contributed by atoms with Crippen molar-refractivity contribution in [2.45, 2.75) is 25.7 Å². The SMILES string of the molecule is O=C(NCCNc1cc(N2CCCC2)ncn1)c1ccc(NC(=O)C2CC2)cc1. The van der Waals surface area contributed by atoms with Crippen LogP contribution in [0.1, 0.15) is 36.0 Å². The fourth-order valence-electron chi connectivity index (χ4n) is 3.33. The fourth-order valence-corrected chi connectivity index (χ4v) is 3.33. The molecule has 1 saturated carbocycles. The van der Waals surface area contributed by atoms with Crippen molar-refractivity contribution in [2.75, 3.05) is 41.7 Å². The van der Waals surface area contributed by atoms with Gasteiger partial charge in [0.1, 0.15) is 18.0 Å². The summed E-state index contributed by atoms with van der Waals surface area (Å²) >= 11 is 0. The third kappa shape index (κ3) is 5.22. The van der Waals surface area contributed by atoms with Gasteiger partial charge in [-0.25, -0.2) is 9.97 Å². The second-order valence-electron chi connectivity index (χ2n) is 7.48. The van der Waals surface area contributed by atoms with Crippen LogP contribution >= 0.6 is 0 Å². The zero-order valence-electron chi connectivity index (χ0n) is 16.4. The maximum absolute atomic E-state index is 12.3. The summed E-state index contributed by atoms with van der Waals surface area (Å²) in [4.78, 5) is 34.9. The Morgan fingerprint density at radius 1 is 1.03 bits per heavy atom. The van der Waals surface area contributed by atoms with Crippen molar-refractivity contribution in [1.82, 2.24) is 15.3 Å². The highest BCUT2D eigenvalue weighted by Gasteiger charge is 2.29. The quantitative estimate of drug-likeness (QED) is 0.594. The molecule has 1 saturated heterocycles. The minimum absolute atomic E-state index is 0.0610. The van der Waals surface area contributed by atoms with Crippen LogP contribution in [0.15, 0.2) is 36.7 Å². The number of nitrogens with one attached hydrogen (secondary N) is 3. The lowest BCUT2D eigenvalue weighted by atomic mass is 10.2. The van der Waals surface area contributed by atoms with Crippen molar-refractivity contribution in [2.24, 2.45) is 5.92 Å². The van der Waals surface area contributed by atoms with Gasteiger partial charge in [0.2, 0.25) is 5.91 Å². The number of amides is 2. The van der Waals surface area contributed by atoms with Gasteiger partial charge in [0.05, 0.1) is 0 Å². The summed E-state index contributed by atoms with van der Waals surface area (Å²) in [5.41, 5.74) is 1.28. The van der Waals surface area contributed by atoms with Crippen LogP contribution in [0.2, 0.25) is 0 Å². The predicted octanol–water partition coefficient (Wildman–Crippen LogP) is 2.27. The van der Waals surface area contributed by atoms with E-state index in [0.29, 0.717) is 18.7 Å². The normalized spacial score (nSPS) is 15.8. The molecule has 1 aromatic carbocycles. The molecule has 29 heavy (non-hydrogen) atoms. The van der Waals surface area contributed by atoms with E-state index >= 15 is 0 Å². The van der Waals surface area contributed by atoms with Gasteiger partial charge in [-0.2, -0.15) is 0 Å². The Bertz CT molecular complexity index is 860. The molecule has 1 aromatic heterocycles. The summed E-state index contributed by atoms with van der Waals surface area (Å²) in [5.74, 6) is 1.77. The number of rotatable bonds is 8. The van der Waals surface area contributed by atoms with Crippen LogP contribution < -0.4 is 20.9 Å². The van der Waals surface area contributed by atoms with E-state index in [9.17, 15) is 9.59 Å². The maximum atomic E-state index is 12.3. The predicted molar refractivity (Wildman–Crippen MR) is 112 cm³/mol. The van der Waals surface area contributed by atoms with Gasteiger partial charge >= 0.3 is 0 Å². The molecule has 0 spiro atoms. The Balaban J connectivity index is 1.20. The van der Waals surface area contributed by atoms with E-state index in [2.05, 4.69) is 30.8 Å². The summed E-state index contributed by atoms with van der Waals surface area (Å²) in [6.07, 6.45) is 5.90. The second kappa shape index (κ2) is 8.89. The van der Waals surface area contributed by atoms with Crippen LogP contribution in [0.4, 0.5) is 17.3 Å². The number of hydrogen-bond acceptors (Lipinski definition) is 6. The number of benzene rings is 1. The van der Waals surface area contributed by atoms with Gasteiger partial charge in [-0.3, -0.25) is 9.59 Å². The second-order valence-corrected chi connectivity index (χ2v) is 7.48. The molecule has 2 aliphatic rings. The molecular formula is C21H26N6O2. The Labute approximate surface area is 170 Å². The van der Waals surface area contributed by atoms with Gasteiger partial charge in [-0.1, -0.05) is 0 Å². The van der Waals surface area contributed by atoms with E-state index in [1.807, 2.05) is 6.07 Å². The summed E-state index contributed by atoms with van der Waals surface area (Å²) in [5, 5.41) is 8.98. The monoisotopic (exact) mass is 394 g/mol. The first-order chi connectivity index (χ1) is 14.2. The summed E-state index contributed by atoms with van der Waals surface area (Å²) in [7, 11) is 0. The van der Waals surface area contributed by atoms with Gasteiger partial charge in [0, 0.05) is 49.4 Å². The average molecular weight is 394 g/mol. The zero-order valence-corrected chi connectivity index (χ0v) is 16.4. The van der Waals surface area contributed by atoms with Crippen molar-refractivity contribution >= 4 is 29.1 Å². The molecule has 0 bridgehead atoms. The molecular weight excluding hydrogens is 368 g/mol. The maximum Gasteiger partial charge on any atom is 0.251 e. The fraction of sp³-hybridized carbons (Fsp3) is 0.429. The molecule has 2 amide bonds. The van der Waals surface area contributed by atoms with Gasteiger partial charge in [-0.05, 0) is 49.9 Å². The Morgan fingerprint density at radius 2 is 1.79 bits per heavy atom. The minimum Gasteiger partial charge on any atom is -0.368 e. The molecule has 152 valence electrons. The highest BCUT2D eigenvalue weighted by molar-refractivity contribution is 5.96. The Morgan fingerprint density at radius 3 is 2.52 bits per heavy atom. The van der Waals surface area contributed by atoms with Gasteiger partial charge in [-0.15, -0.1) is 0 Å². The molecule has 3 N–H and O–H groups in total. The summed E-state index contributed by atoms with van der Waals surface area (Å²) in [6.45, 7) is 3.12. The minimum atomic E-state index is -0.146. The third-order valence-corrected chi connectivity index (χ3v) is 5.16. The van der Waals surface area contributed by atoms with E-state index in [1.165, 1.54) is 12.8 Å². The van der Waals surface area contributed by atoms with Gasteiger partial charge < -0.3 is 20.9 Å². The van der Waals surface area contributed by atoms with Crippen molar-refractivity contribution in [3.05, 3.63) is 42.2 Å². The first kappa shape index (κ1) is 19.2. The number of anilines is 3. The van der Waals surface area contributed by atoms with E-state index in [4.69, 9.17) is 0 Å². The lowest BCUT2D eigenvalue weighted by Gasteiger charge is -2.16. The van der Waals surface area contributed by atoms with Gasteiger partial charge in [0.15, 0.2) is 0 Å². The number of carbonyl (C=O) groups excluding carboxylic acids is 2. The van der Waals surface area contributed by atoms with Crippen LogP contribution in [0.5, 0.6) is 0 Å². The van der Waals surface area contributed by atoms with E-state index in [1.54, 1.807) is 30.6 Å². The van der Waals surface area contributed by atoms with E-state index in [0.717, 1.165) is 43.3 Å². The highest BCUT2D eigenvalue weighted by Crippen LogP contribution is 2.30. The Hall–Kier alpha value is -3.16. The average Bonchev–Trinajstić information content (AvgIpc) is 3.46. The van der Waals surface area contributed by atoms with Gasteiger partial charge in [0.25, 0.3) is 5.91 Å². The molecule has 8 nitrogen and oxygen atoms in total. The number of aromatic nitrogens is 2. The zero-order chi connectivity index (χ0) is 20.1. The third-order valence-electron chi connectivity index (χ3n) is 5.16. The smallest absolute Gasteiger partial charge is 0.251 e. The lowest BCUT2D eigenvalue weighted by Crippen LogP contribution is -2.29. The molecule has 8 heteroatoms. The van der Waals surface area contributed by atoms with E-state index in [-0.39, 0.29) is 17.7 Å². The topological polar surface area (TPSA) is 99.2 Å². The van der Waals surface area contributed by atoms with Crippen LogP contribution in [0.3, 0.4) is 0 Å². The van der Waals surface area contributed by atoms with Crippen molar-refractivity contribution < 1.29 is 9.59 Å². The van der Waals surface area contributed by atoms with Crippen molar-refractivity contribution in [1.29, 1.82) is 0 Å². The van der Waals surface area contributed by atoms with Crippen LogP contribution in [0, 0.1) is 5.92 Å². The number of nitrogens with zero attached hydrogens (tertiary/aromatic N) is 3. The first-order valence-corrected chi connectivity index (χ1v) is 10.2. The molecule has 2 fully saturated rings. The van der Waals surface area contributed by atoms with Crippen LogP contribution in [-0.4, -0.2) is 48.0 Å².